The lowest BCUT2D eigenvalue weighted by molar-refractivity contribution is 0.0736. The molecule has 0 bridgehead atoms. The van der Waals surface area contributed by atoms with Gasteiger partial charge in [0.15, 0.2) is 5.13 Å². The zero-order valence-electron chi connectivity index (χ0n) is 13.9. The molecule has 0 saturated heterocycles. The molecule has 27 heavy (non-hydrogen) atoms. The van der Waals surface area contributed by atoms with Crippen LogP contribution in [-0.2, 0) is 13.0 Å². The zero-order valence-corrected chi connectivity index (χ0v) is 17.0. The second kappa shape index (κ2) is 7.46. The maximum atomic E-state index is 12.8. The number of nitrogens with one attached hydrogen (secondary N) is 1. The molecular weight excluding hydrogens is 454 g/mol. The summed E-state index contributed by atoms with van der Waals surface area (Å²) in [6, 6.07) is 6.81. The maximum Gasteiger partial charge on any atom is 0.260 e. The largest absolute Gasteiger partial charge is 0.472 e. The number of nitrogens with zero attached hydrogens (tertiary/aromatic N) is 2. The Morgan fingerprint density at radius 3 is 2.96 bits per heavy atom. The van der Waals surface area contributed by atoms with Crippen molar-refractivity contribution in [2.75, 3.05) is 11.9 Å². The predicted octanol–water partition coefficient (Wildman–Crippen LogP) is 4.60. The first kappa shape index (κ1) is 18.2. The number of benzene rings is 1. The van der Waals surface area contributed by atoms with Crippen LogP contribution in [0.15, 0.2) is 45.7 Å². The Bertz CT molecular complexity index is 1020. The fourth-order valence-corrected chi connectivity index (χ4v) is 4.40. The van der Waals surface area contributed by atoms with Crippen LogP contribution in [0.5, 0.6) is 0 Å². The quantitative estimate of drug-likeness (QED) is 0.612. The highest BCUT2D eigenvalue weighted by Crippen LogP contribution is 2.30. The van der Waals surface area contributed by atoms with Crippen LogP contribution in [0.2, 0.25) is 5.02 Å². The molecule has 3 aromatic rings. The number of halogens is 2. The monoisotopic (exact) mass is 465 g/mol. The van der Waals surface area contributed by atoms with Gasteiger partial charge in [-0.2, -0.15) is 0 Å². The molecule has 1 aliphatic rings. The predicted molar refractivity (Wildman–Crippen MR) is 106 cm³/mol. The SMILES string of the molecule is O=C(Nc1nc2c(s1)CN(C(=O)c1cc(Br)ccc1Cl)CC2)c1ccoc1. The van der Waals surface area contributed by atoms with Gasteiger partial charge in [-0.15, -0.1) is 0 Å². The van der Waals surface area contributed by atoms with Gasteiger partial charge in [0.2, 0.25) is 0 Å². The Morgan fingerprint density at radius 2 is 2.19 bits per heavy atom. The van der Waals surface area contributed by atoms with Crippen LogP contribution < -0.4 is 5.32 Å². The van der Waals surface area contributed by atoms with E-state index in [1.165, 1.54) is 23.9 Å². The van der Waals surface area contributed by atoms with Crippen molar-refractivity contribution in [1.29, 1.82) is 0 Å². The summed E-state index contributed by atoms with van der Waals surface area (Å²) in [5.41, 5.74) is 1.81. The number of thiazole rings is 1. The summed E-state index contributed by atoms with van der Waals surface area (Å²) in [6.45, 7) is 0.990. The molecule has 6 nitrogen and oxygen atoms in total. The molecule has 1 aromatic carbocycles. The first-order valence-electron chi connectivity index (χ1n) is 8.07. The van der Waals surface area contributed by atoms with Crippen molar-refractivity contribution < 1.29 is 14.0 Å². The number of hydrogen-bond acceptors (Lipinski definition) is 5. The van der Waals surface area contributed by atoms with Gasteiger partial charge in [-0.25, -0.2) is 4.98 Å². The first-order valence-corrected chi connectivity index (χ1v) is 10.1. The number of anilines is 1. The Morgan fingerprint density at radius 1 is 1.33 bits per heavy atom. The molecule has 1 aliphatic heterocycles. The average molecular weight is 467 g/mol. The molecule has 0 fully saturated rings. The molecule has 138 valence electrons. The third-order valence-corrected chi connectivity index (χ3v) is 6.00. The van der Waals surface area contributed by atoms with Gasteiger partial charge in [0.25, 0.3) is 11.8 Å². The van der Waals surface area contributed by atoms with Gasteiger partial charge in [0, 0.05) is 22.3 Å². The second-order valence-corrected chi connectivity index (χ2v) is 8.36. The van der Waals surface area contributed by atoms with Crippen molar-refractivity contribution in [2.45, 2.75) is 13.0 Å². The topological polar surface area (TPSA) is 75.4 Å². The van der Waals surface area contributed by atoms with Crippen LogP contribution in [0.1, 0.15) is 31.3 Å². The van der Waals surface area contributed by atoms with E-state index in [0.29, 0.717) is 40.8 Å². The normalized spacial score (nSPS) is 13.3. The van der Waals surface area contributed by atoms with E-state index in [1.807, 2.05) is 0 Å². The lowest BCUT2D eigenvalue weighted by atomic mass is 10.1. The smallest absolute Gasteiger partial charge is 0.260 e. The van der Waals surface area contributed by atoms with Gasteiger partial charge in [-0.3, -0.25) is 14.9 Å². The minimum absolute atomic E-state index is 0.121. The lowest BCUT2D eigenvalue weighted by Gasteiger charge is -2.26. The minimum atomic E-state index is -0.274. The van der Waals surface area contributed by atoms with Crippen LogP contribution in [0.25, 0.3) is 0 Å². The van der Waals surface area contributed by atoms with Crippen molar-refractivity contribution in [1.82, 2.24) is 9.88 Å². The van der Waals surface area contributed by atoms with Crippen molar-refractivity contribution in [2.24, 2.45) is 0 Å². The van der Waals surface area contributed by atoms with Crippen molar-refractivity contribution in [3.8, 4) is 0 Å². The number of rotatable bonds is 3. The molecular formula is C18H13BrClN3O3S. The highest BCUT2D eigenvalue weighted by molar-refractivity contribution is 9.10. The summed E-state index contributed by atoms with van der Waals surface area (Å²) in [5, 5.41) is 3.71. The van der Waals surface area contributed by atoms with Crippen LogP contribution in [0, 0.1) is 0 Å². The molecule has 3 heterocycles. The number of carbonyl (C=O) groups is 2. The van der Waals surface area contributed by atoms with Crippen LogP contribution >= 0.6 is 38.9 Å². The number of fused-ring (bicyclic) bond motifs is 1. The fourth-order valence-electron chi connectivity index (χ4n) is 2.82. The maximum absolute atomic E-state index is 12.8. The van der Waals surface area contributed by atoms with Crippen LogP contribution in [0.4, 0.5) is 5.13 Å². The molecule has 0 spiro atoms. The van der Waals surface area contributed by atoms with Gasteiger partial charge in [0.1, 0.15) is 6.26 Å². The van der Waals surface area contributed by atoms with E-state index >= 15 is 0 Å². The number of carbonyl (C=O) groups excluding carboxylic acids is 2. The van der Waals surface area contributed by atoms with E-state index in [4.69, 9.17) is 16.0 Å². The molecule has 2 aromatic heterocycles. The van der Waals surface area contributed by atoms with Gasteiger partial charge in [-0.05, 0) is 24.3 Å². The number of hydrogen-bond donors (Lipinski definition) is 1. The molecule has 0 radical (unpaired) electrons. The van der Waals surface area contributed by atoms with Crippen molar-refractivity contribution in [3.05, 3.63) is 68.0 Å². The highest BCUT2D eigenvalue weighted by Gasteiger charge is 2.26. The molecule has 0 unspecified atom stereocenters. The van der Waals surface area contributed by atoms with E-state index < -0.39 is 0 Å². The molecule has 2 amide bonds. The van der Waals surface area contributed by atoms with E-state index in [1.54, 1.807) is 29.2 Å². The summed E-state index contributed by atoms with van der Waals surface area (Å²) < 4.78 is 5.72. The number of furan rings is 1. The third kappa shape index (κ3) is 3.78. The van der Waals surface area contributed by atoms with Crippen molar-refractivity contribution >= 4 is 55.8 Å². The Kier molecular flexibility index (Phi) is 5.03. The summed E-state index contributed by atoms with van der Waals surface area (Å²) in [5.74, 6) is -0.395. The molecule has 9 heteroatoms. The number of aromatic nitrogens is 1. The third-order valence-electron chi connectivity index (χ3n) is 4.18. The average Bonchev–Trinajstić information content (AvgIpc) is 3.31. The van der Waals surface area contributed by atoms with Crippen molar-refractivity contribution in [3.63, 3.8) is 0 Å². The van der Waals surface area contributed by atoms with Gasteiger partial charge < -0.3 is 9.32 Å². The molecule has 0 atom stereocenters. The van der Waals surface area contributed by atoms with E-state index in [9.17, 15) is 9.59 Å². The molecule has 4 rings (SSSR count). The lowest BCUT2D eigenvalue weighted by Crippen LogP contribution is -2.35. The van der Waals surface area contributed by atoms with E-state index in [0.717, 1.165) is 15.0 Å². The second-order valence-electron chi connectivity index (χ2n) is 5.96. The summed E-state index contributed by atoms with van der Waals surface area (Å²) in [6.07, 6.45) is 3.45. The zero-order chi connectivity index (χ0) is 19.0. The Hall–Kier alpha value is -2.16. The highest BCUT2D eigenvalue weighted by atomic mass is 79.9. The first-order chi connectivity index (χ1) is 13.0. The Labute approximate surface area is 172 Å². The van der Waals surface area contributed by atoms with Crippen LogP contribution in [-0.4, -0.2) is 28.2 Å². The fraction of sp³-hybridized carbons (Fsp3) is 0.167. The minimum Gasteiger partial charge on any atom is -0.472 e. The van der Waals surface area contributed by atoms with E-state index in [2.05, 4.69) is 26.2 Å². The van der Waals surface area contributed by atoms with Crippen LogP contribution in [0.3, 0.4) is 0 Å². The van der Waals surface area contributed by atoms with Gasteiger partial charge >= 0.3 is 0 Å². The summed E-state index contributed by atoms with van der Waals surface area (Å²) >= 11 is 10.9. The summed E-state index contributed by atoms with van der Waals surface area (Å²) in [4.78, 5) is 32.2. The van der Waals surface area contributed by atoms with E-state index in [-0.39, 0.29) is 11.8 Å². The standard InChI is InChI=1S/C18H13BrClN3O3S/c19-11-1-2-13(20)12(7-11)17(25)23-5-3-14-15(8-23)27-18(21-14)22-16(24)10-4-6-26-9-10/h1-2,4,6-7,9H,3,5,8H2,(H,21,22,24). The van der Waals surface area contributed by atoms with Gasteiger partial charge in [0.05, 0.1) is 34.7 Å². The molecule has 1 N–H and O–H groups in total. The van der Waals surface area contributed by atoms with Gasteiger partial charge in [-0.1, -0.05) is 38.9 Å². The Balaban J connectivity index is 1.50. The molecule has 0 aliphatic carbocycles. The molecule has 0 saturated carbocycles. The summed E-state index contributed by atoms with van der Waals surface area (Å²) in [7, 11) is 0. The number of amides is 2.